The number of nitrogens with zero attached hydrogens (tertiary/aromatic N) is 2. The first kappa shape index (κ1) is 14.2. The van der Waals surface area contributed by atoms with E-state index in [4.69, 9.17) is 5.11 Å². The minimum absolute atomic E-state index is 0.166. The molecule has 0 aromatic carbocycles. The molecule has 1 unspecified atom stereocenters. The van der Waals surface area contributed by atoms with Gasteiger partial charge in [-0.1, -0.05) is 0 Å². The van der Waals surface area contributed by atoms with E-state index >= 15 is 0 Å². The molecule has 0 radical (unpaired) electrons. The molecule has 2 saturated heterocycles. The summed E-state index contributed by atoms with van der Waals surface area (Å²) in [4.78, 5) is 26.9. The van der Waals surface area contributed by atoms with Gasteiger partial charge in [0, 0.05) is 32.6 Å². The Morgan fingerprint density at radius 2 is 1.68 bits per heavy atom. The van der Waals surface area contributed by atoms with E-state index in [0.717, 1.165) is 51.9 Å². The number of carboxylic acid groups (broad SMARTS) is 1. The first-order valence-electron chi connectivity index (χ1n) is 7.42. The fourth-order valence-corrected chi connectivity index (χ4v) is 3.09. The third-order valence-corrected chi connectivity index (χ3v) is 4.18. The van der Waals surface area contributed by atoms with Crippen LogP contribution in [0.15, 0.2) is 0 Å². The number of hydrogen-bond acceptors (Lipinski definition) is 2. The maximum atomic E-state index is 12.4. The Labute approximate surface area is 114 Å². The van der Waals surface area contributed by atoms with Gasteiger partial charge in [0.15, 0.2) is 0 Å². The molecule has 108 valence electrons. The predicted octanol–water partition coefficient (Wildman–Crippen LogP) is 2.17. The van der Waals surface area contributed by atoms with Gasteiger partial charge in [-0.2, -0.15) is 0 Å². The largest absolute Gasteiger partial charge is 0.481 e. The molecule has 2 rings (SSSR count). The van der Waals surface area contributed by atoms with E-state index in [1.54, 1.807) is 0 Å². The predicted molar refractivity (Wildman–Crippen MR) is 72.0 cm³/mol. The summed E-state index contributed by atoms with van der Waals surface area (Å²) in [5.41, 5.74) is 0. The Balaban J connectivity index is 1.82. The summed E-state index contributed by atoms with van der Waals surface area (Å²) in [6, 6.07) is 0.166. The van der Waals surface area contributed by atoms with Gasteiger partial charge in [-0.3, -0.25) is 4.79 Å². The van der Waals surface area contributed by atoms with Gasteiger partial charge in [0.1, 0.15) is 0 Å². The number of carbonyl (C=O) groups is 2. The molecule has 2 aliphatic heterocycles. The molecule has 1 atom stereocenters. The summed E-state index contributed by atoms with van der Waals surface area (Å²) in [6.45, 7) is 3.34. The molecule has 19 heavy (non-hydrogen) atoms. The number of aliphatic carboxylic acids is 1. The fraction of sp³-hybridized carbons (Fsp3) is 0.857. The molecule has 0 saturated carbocycles. The first-order valence-corrected chi connectivity index (χ1v) is 7.42. The van der Waals surface area contributed by atoms with E-state index in [9.17, 15) is 9.59 Å². The molecular formula is C14H24N2O3. The van der Waals surface area contributed by atoms with Crippen molar-refractivity contribution >= 4 is 12.0 Å². The first-order chi connectivity index (χ1) is 9.16. The van der Waals surface area contributed by atoms with E-state index in [2.05, 4.69) is 0 Å². The fourth-order valence-electron chi connectivity index (χ4n) is 3.09. The number of piperidine rings is 2. The van der Waals surface area contributed by atoms with Crippen LogP contribution in [0, 0.1) is 5.92 Å². The van der Waals surface area contributed by atoms with Crippen LogP contribution in [-0.2, 0) is 4.79 Å². The van der Waals surface area contributed by atoms with Crippen molar-refractivity contribution in [3.8, 4) is 0 Å². The SMILES string of the molecule is O=C(O)CCC1CCCN(C(=O)N2CCCCC2)C1. The van der Waals surface area contributed by atoms with Crippen molar-refractivity contribution in [3.63, 3.8) is 0 Å². The molecule has 5 heteroatoms. The van der Waals surface area contributed by atoms with Gasteiger partial charge in [0.2, 0.25) is 0 Å². The molecular weight excluding hydrogens is 244 g/mol. The van der Waals surface area contributed by atoms with Crippen LogP contribution in [0.2, 0.25) is 0 Å². The molecule has 2 amide bonds. The molecule has 0 aliphatic carbocycles. The van der Waals surface area contributed by atoms with Gasteiger partial charge in [-0.25, -0.2) is 4.79 Å². The maximum Gasteiger partial charge on any atom is 0.320 e. The summed E-state index contributed by atoms with van der Waals surface area (Å²) in [5.74, 6) is -0.377. The molecule has 2 aliphatic rings. The minimum Gasteiger partial charge on any atom is -0.481 e. The van der Waals surface area contributed by atoms with Crippen molar-refractivity contribution in [1.29, 1.82) is 0 Å². The molecule has 0 spiro atoms. The minimum atomic E-state index is -0.737. The average Bonchev–Trinajstić information content (AvgIpc) is 2.45. The summed E-state index contributed by atoms with van der Waals surface area (Å²) < 4.78 is 0. The van der Waals surface area contributed by atoms with Crippen LogP contribution in [-0.4, -0.2) is 53.1 Å². The number of urea groups is 1. The highest BCUT2D eigenvalue weighted by Gasteiger charge is 2.27. The van der Waals surface area contributed by atoms with Crippen molar-refractivity contribution in [1.82, 2.24) is 9.80 Å². The smallest absolute Gasteiger partial charge is 0.320 e. The number of carboxylic acids is 1. The van der Waals surface area contributed by atoms with Crippen LogP contribution < -0.4 is 0 Å². The lowest BCUT2D eigenvalue weighted by Crippen LogP contribution is -2.49. The molecule has 0 bridgehead atoms. The third kappa shape index (κ3) is 4.11. The van der Waals surface area contributed by atoms with E-state index in [0.29, 0.717) is 12.3 Å². The molecule has 2 heterocycles. The van der Waals surface area contributed by atoms with Crippen LogP contribution in [0.5, 0.6) is 0 Å². The summed E-state index contributed by atoms with van der Waals surface area (Å²) >= 11 is 0. The van der Waals surface area contributed by atoms with Crippen LogP contribution >= 0.6 is 0 Å². The lowest BCUT2D eigenvalue weighted by Gasteiger charge is -2.37. The lowest BCUT2D eigenvalue weighted by atomic mass is 9.93. The van der Waals surface area contributed by atoms with Gasteiger partial charge >= 0.3 is 12.0 Å². The van der Waals surface area contributed by atoms with Crippen molar-refractivity contribution in [2.24, 2.45) is 5.92 Å². The second-order valence-electron chi connectivity index (χ2n) is 5.72. The Hall–Kier alpha value is -1.26. The quantitative estimate of drug-likeness (QED) is 0.853. The zero-order chi connectivity index (χ0) is 13.7. The molecule has 1 N–H and O–H groups in total. The normalized spacial score (nSPS) is 24.3. The van der Waals surface area contributed by atoms with Crippen molar-refractivity contribution < 1.29 is 14.7 Å². The topological polar surface area (TPSA) is 60.9 Å². The molecule has 5 nitrogen and oxygen atoms in total. The second kappa shape index (κ2) is 6.78. The third-order valence-electron chi connectivity index (χ3n) is 4.18. The van der Waals surface area contributed by atoms with Gasteiger partial charge < -0.3 is 14.9 Å². The highest BCUT2D eigenvalue weighted by Crippen LogP contribution is 2.22. The lowest BCUT2D eigenvalue weighted by molar-refractivity contribution is -0.137. The van der Waals surface area contributed by atoms with Gasteiger partial charge in [-0.05, 0) is 44.4 Å². The Kier molecular flexibility index (Phi) is 5.05. The van der Waals surface area contributed by atoms with Gasteiger partial charge in [0.05, 0.1) is 0 Å². The van der Waals surface area contributed by atoms with E-state index in [1.165, 1.54) is 6.42 Å². The Bertz CT molecular complexity index is 327. The summed E-state index contributed by atoms with van der Waals surface area (Å²) in [7, 11) is 0. The number of rotatable bonds is 3. The van der Waals surface area contributed by atoms with Crippen molar-refractivity contribution in [2.45, 2.75) is 44.9 Å². The summed E-state index contributed by atoms with van der Waals surface area (Å²) in [6.07, 6.45) is 6.42. The van der Waals surface area contributed by atoms with E-state index in [-0.39, 0.29) is 12.5 Å². The van der Waals surface area contributed by atoms with Crippen molar-refractivity contribution in [2.75, 3.05) is 26.2 Å². The van der Waals surface area contributed by atoms with E-state index in [1.807, 2.05) is 9.80 Å². The maximum absolute atomic E-state index is 12.4. The van der Waals surface area contributed by atoms with Crippen LogP contribution in [0.25, 0.3) is 0 Å². The monoisotopic (exact) mass is 268 g/mol. The number of hydrogen-bond donors (Lipinski definition) is 1. The van der Waals surface area contributed by atoms with Crippen molar-refractivity contribution in [3.05, 3.63) is 0 Å². The molecule has 0 aromatic heterocycles. The highest BCUT2D eigenvalue weighted by molar-refractivity contribution is 5.74. The number of amides is 2. The zero-order valence-corrected chi connectivity index (χ0v) is 11.5. The van der Waals surface area contributed by atoms with Gasteiger partial charge in [0.25, 0.3) is 0 Å². The van der Waals surface area contributed by atoms with Crippen LogP contribution in [0.1, 0.15) is 44.9 Å². The number of carbonyl (C=O) groups excluding carboxylic acids is 1. The second-order valence-corrected chi connectivity index (χ2v) is 5.72. The standard InChI is InChI=1S/C14H24N2O3/c17-13(18)7-6-12-5-4-10-16(11-12)14(19)15-8-2-1-3-9-15/h12H,1-11H2,(H,17,18). The average molecular weight is 268 g/mol. The van der Waals surface area contributed by atoms with Crippen LogP contribution in [0.4, 0.5) is 4.79 Å². The molecule has 2 fully saturated rings. The highest BCUT2D eigenvalue weighted by atomic mass is 16.4. The van der Waals surface area contributed by atoms with Gasteiger partial charge in [-0.15, -0.1) is 0 Å². The number of likely N-dealkylation sites (tertiary alicyclic amines) is 2. The van der Waals surface area contributed by atoms with E-state index < -0.39 is 5.97 Å². The Morgan fingerprint density at radius 3 is 2.37 bits per heavy atom. The Morgan fingerprint density at radius 1 is 1.00 bits per heavy atom. The van der Waals surface area contributed by atoms with Crippen LogP contribution in [0.3, 0.4) is 0 Å². The zero-order valence-electron chi connectivity index (χ0n) is 11.5. The molecule has 0 aromatic rings. The summed E-state index contributed by atoms with van der Waals surface area (Å²) in [5, 5.41) is 8.73.